The van der Waals surface area contributed by atoms with Gasteiger partial charge in [0.05, 0.1) is 6.26 Å². The van der Waals surface area contributed by atoms with E-state index in [4.69, 9.17) is 5.11 Å². The van der Waals surface area contributed by atoms with E-state index in [1.165, 1.54) is 0 Å². The van der Waals surface area contributed by atoms with Gasteiger partial charge in [-0.25, -0.2) is 0 Å². The van der Waals surface area contributed by atoms with Crippen LogP contribution in [0.2, 0.25) is 0 Å². The lowest BCUT2D eigenvalue weighted by Crippen LogP contribution is -2.28. The molecule has 72 valence electrons. The number of aliphatic hydroxyl groups excluding tert-OH is 1. The van der Waals surface area contributed by atoms with Gasteiger partial charge in [0.15, 0.2) is 5.78 Å². The van der Waals surface area contributed by atoms with Crippen molar-refractivity contribution in [2.75, 3.05) is 0 Å². The molecule has 2 atom stereocenters. The Bertz CT molecular complexity index is 301. The number of allylic oxidation sites excluding steroid dienone is 1. The minimum atomic E-state index is -0.0938. The van der Waals surface area contributed by atoms with Crippen LogP contribution in [-0.2, 0) is 4.79 Å². The van der Waals surface area contributed by atoms with Crippen LogP contribution in [0.1, 0.15) is 33.6 Å². The highest BCUT2D eigenvalue weighted by atomic mass is 16.2. The van der Waals surface area contributed by atoms with Crippen molar-refractivity contribution < 1.29 is 9.90 Å². The molecule has 2 aliphatic carbocycles. The molecule has 0 saturated heterocycles. The van der Waals surface area contributed by atoms with Gasteiger partial charge in [-0.05, 0) is 18.3 Å². The molecule has 0 radical (unpaired) electrons. The van der Waals surface area contributed by atoms with Gasteiger partial charge in [0.1, 0.15) is 0 Å². The number of Topliss-reactive ketones (excluding diaryl/α,β-unsaturated/α-hetero) is 1. The lowest BCUT2D eigenvalue weighted by atomic mass is 9.69. The van der Waals surface area contributed by atoms with Gasteiger partial charge in [-0.2, -0.15) is 0 Å². The number of aliphatic hydroxyl groups is 1. The Kier molecular flexibility index (Phi) is 1.47. The van der Waals surface area contributed by atoms with Crippen molar-refractivity contribution in [2.45, 2.75) is 33.6 Å². The molecule has 0 aromatic rings. The summed E-state index contributed by atoms with van der Waals surface area (Å²) in [4.78, 5) is 11.8. The van der Waals surface area contributed by atoms with Gasteiger partial charge in [-0.15, -0.1) is 0 Å². The quantitative estimate of drug-likeness (QED) is 0.459. The smallest absolute Gasteiger partial charge is 0.166 e. The molecule has 13 heavy (non-hydrogen) atoms. The monoisotopic (exact) mass is 180 g/mol. The lowest BCUT2D eigenvalue weighted by molar-refractivity contribution is -0.119. The Labute approximate surface area is 78.6 Å². The van der Waals surface area contributed by atoms with Crippen molar-refractivity contribution in [3.8, 4) is 0 Å². The van der Waals surface area contributed by atoms with E-state index in [0.29, 0.717) is 5.57 Å². The number of hydrogen-bond donors (Lipinski definition) is 1. The third-order valence-corrected chi connectivity index (χ3v) is 4.53. The minimum absolute atomic E-state index is 0.0264. The zero-order valence-electron chi connectivity index (χ0n) is 8.42. The van der Waals surface area contributed by atoms with Crippen LogP contribution in [0.25, 0.3) is 0 Å². The minimum Gasteiger partial charge on any atom is -0.515 e. The summed E-state index contributed by atoms with van der Waals surface area (Å²) >= 11 is 0. The van der Waals surface area contributed by atoms with E-state index in [1.807, 2.05) is 0 Å². The fraction of sp³-hybridized carbons (Fsp3) is 0.727. The summed E-state index contributed by atoms with van der Waals surface area (Å²) in [5.41, 5.74) is 0.580. The van der Waals surface area contributed by atoms with E-state index < -0.39 is 0 Å². The van der Waals surface area contributed by atoms with Gasteiger partial charge in [0.25, 0.3) is 0 Å². The van der Waals surface area contributed by atoms with Crippen molar-refractivity contribution >= 4 is 5.78 Å². The average molecular weight is 180 g/mol. The maximum atomic E-state index is 11.8. The van der Waals surface area contributed by atoms with Gasteiger partial charge in [-0.1, -0.05) is 20.8 Å². The maximum absolute atomic E-state index is 11.8. The zero-order chi connectivity index (χ0) is 9.85. The summed E-state index contributed by atoms with van der Waals surface area (Å²) < 4.78 is 0. The summed E-state index contributed by atoms with van der Waals surface area (Å²) in [6, 6.07) is 0. The Morgan fingerprint density at radius 1 is 1.46 bits per heavy atom. The van der Waals surface area contributed by atoms with Gasteiger partial charge >= 0.3 is 0 Å². The molecule has 2 saturated carbocycles. The normalized spacial score (nSPS) is 44.7. The van der Waals surface area contributed by atoms with E-state index in [1.54, 1.807) is 0 Å². The number of rotatable bonds is 0. The van der Waals surface area contributed by atoms with Gasteiger partial charge in [0, 0.05) is 16.9 Å². The van der Waals surface area contributed by atoms with Crippen molar-refractivity contribution in [3.63, 3.8) is 0 Å². The second-order valence-electron chi connectivity index (χ2n) is 5.05. The first kappa shape index (κ1) is 8.79. The number of fused-ring (bicyclic) bond motifs is 2. The molecule has 2 nitrogen and oxygen atoms in total. The number of hydrogen-bond acceptors (Lipinski definition) is 2. The molecule has 2 heteroatoms. The van der Waals surface area contributed by atoms with Crippen LogP contribution in [0.15, 0.2) is 11.8 Å². The molecule has 2 bridgehead atoms. The average Bonchev–Trinajstić information content (AvgIpc) is 2.32. The van der Waals surface area contributed by atoms with Crippen LogP contribution in [0, 0.1) is 16.7 Å². The Hall–Kier alpha value is -0.790. The van der Waals surface area contributed by atoms with E-state index >= 15 is 0 Å². The molecule has 0 heterocycles. The molecule has 0 aliphatic heterocycles. The van der Waals surface area contributed by atoms with Crippen LogP contribution < -0.4 is 0 Å². The van der Waals surface area contributed by atoms with Crippen LogP contribution in [-0.4, -0.2) is 10.9 Å². The first-order valence-corrected chi connectivity index (χ1v) is 4.84. The van der Waals surface area contributed by atoms with Crippen molar-refractivity contribution in [2.24, 2.45) is 16.7 Å². The third-order valence-electron chi connectivity index (χ3n) is 4.53. The van der Waals surface area contributed by atoms with E-state index in [9.17, 15) is 4.79 Å². The molecule has 2 fully saturated rings. The first-order valence-electron chi connectivity index (χ1n) is 4.84. The molecule has 0 spiro atoms. The maximum Gasteiger partial charge on any atom is 0.166 e. The number of carbonyl (C=O) groups is 1. The van der Waals surface area contributed by atoms with Crippen molar-refractivity contribution in [1.29, 1.82) is 0 Å². The number of ketones is 1. The summed E-state index contributed by atoms with van der Waals surface area (Å²) in [6.07, 6.45) is 3.05. The Morgan fingerprint density at radius 3 is 2.38 bits per heavy atom. The molecular formula is C11H16O2. The fourth-order valence-electron chi connectivity index (χ4n) is 3.11. The highest BCUT2D eigenvalue weighted by Gasteiger charge is 2.63. The molecule has 0 amide bonds. The van der Waals surface area contributed by atoms with E-state index in [2.05, 4.69) is 20.8 Å². The van der Waals surface area contributed by atoms with E-state index in [0.717, 1.165) is 19.1 Å². The molecule has 2 rings (SSSR count). The molecule has 0 aromatic carbocycles. The first-order chi connectivity index (χ1) is 5.95. The van der Waals surface area contributed by atoms with Gasteiger partial charge in [0.2, 0.25) is 0 Å². The second-order valence-corrected chi connectivity index (χ2v) is 5.05. The molecule has 0 aromatic heterocycles. The lowest BCUT2D eigenvalue weighted by Gasteiger charge is -2.33. The molecule has 1 N–H and O–H groups in total. The summed E-state index contributed by atoms with van der Waals surface area (Å²) in [5.74, 6) is 0.303. The van der Waals surface area contributed by atoms with Crippen molar-refractivity contribution in [1.82, 2.24) is 0 Å². The van der Waals surface area contributed by atoms with Gasteiger partial charge < -0.3 is 5.11 Å². The Morgan fingerprint density at radius 2 is 2.08 bits per heavy atom. The van der Waals surface area contributed by atoms with Gasteiger partial charge in [-0.3, -0.25) is 4.79 Å². The topological polar surface area (TPSA) is 37.3 Å². The third kappa shape index (κ3) is 0.725. The largest absolute Gasteiger partial charge is 0.515 e. The number of carbonyl (C=O) groups excluding carboxylic acids is 1. The summed E-state index contributed by atoms with van der Waals surface area (Å²) in [5, 5.41) is 9.07. The van der Waals surface area contributed by atoms with Crippen LogP contribution in [0.3, 0.4) is 0 Å². The summed E-state index contributed by atoms with van der Waals surface area (Å²) in [7, 11) is 0. The van der Waals surface area contributed by atoms with Crippen LogP contribution in [0.5, 0.6) is 0 Å². The highest BCUT2D eigenvalue weighted by molar-refractivity contribution is 6.02. The predicted octanol–water partition coefficient (Wildman–Crippen LogP) is 2.45. The standard InChI is InChI=1S/C11H16O2/c1-10(2)7-4-5-11(10,3)8(6-12)9(7)13/h6-7,12H,4-5H2,1-3H3/b8-6+. The SMILES string of the molecule is CC12CCC(C(=O)/C1=C\O)C2(C)C. The summed E-state index contributed by atoms with van der Waals surface area (Å²) in [6.45, 7) is 6.37. The van der Waals surface area contributed by atoms with Crippen LogP contribution in [0.4, 0.5) is 0 Å². The second kappa shape index (κ2) is 2.17. The highest BCUT2D eigenvalue weighted by Crippen LogP contribution is 2.66. The fourth-order valence-corrected chi connectivity index (χ4v) is 3.11. The zero-order valence-corrected chi connectivity index (χ0v) is 8.42. The molecule has 2 aliphatic rings. The molecular weight excluding hydrogens is 164 g/mol. The van der Waals surface area contributed by atoms with E-state index in [-0.39, 0.29) is 22.5 Å². The predicted molar refractivity (Wildman–Crippen MR) is 50.3 cm³/mol. The molecule has 2 unspecified atom stereocenters. The van der Waals surface area contributed by atoms with Crippen LogP contribution >= 0.6 is 0 Å². The van der Waals surface area contributed by atoms with Crippen molar-refractivity contribution in [3.05, 3.63) is 11.8 Å². The Balaban J connectivity index is 2.59.